The van der Waals surface area contributed by atoms with Gasteiger partial charge in [0.05, 0.1) is 14.2 Å². The number of fused-ring (bicyclic) bond motifs is 1. The number of carbonyl (C=O) groups is 1. The first-order chi connectivity index (χ1) is 16.2. The number of hydrogen-bond acceptors (Lipinski definition) is 5. The van der Waals surface area contributed by atoms with E-state index in [1.54, 1.807) is 14.2 Å². The summed E-state index contributed by atoms with van der Waals surface area (Å²) in [6, 6.07) is 14.7. The van der Waals surface area contributed by atoms with Crippen LogP contribution in [0.1, 0.15) is 23.1 Å². The fourth-order valence-electron chi connectivity index (χ4n) is 4.68. The van der Waals surface area contributed by atoms with Crippen LogP contribution in [0.4, 0.5) is 4.79 Å². The van der Waals surface area contributed by atoms with Crippen LogP contribution >= 0.6 is 0 Å². The highest BCUT2D eigenvalue weighted by Gasteiger charge is 2.23. The van der Waals surface area contributed by atoms with Crippen LogP contribution in [-0.4, -0.2) is 80.8 Å². The van der Waals surface area contributed by atoms with Crippen LogP contribution in [0, 0.1) is 0 Å². The Bertz CT molecular complexity index is 913. The van der Waals surface area contributed by atoms with Crippen LogP contribution < -0.4 is 14.8 Å². The lowest BCUT2D eigenvalue weighted by Gasteiger charge is -2.34. The monoisotopic (exact) mass is 452 g/mol. The molecule has 0 bridgehead atoms. The van der Waals surface area contributed by atoms with Crippen molar-refractivity contribution in [3.63, 3.8) is 0 Å². The summed E-state index contributed by atoms with van der Waals surface area (Å²) in [6.45, 7) is 8.47. The summed E-state index contributed by atoms with van der Waals surface area (Å²) < 4.78 is 10.8. The van der Waals surface area contributed by atoms with E-state index in [2.05, 4.69) is 45.4 Å². The maximum Gasteiger partial charge on any atom is 0.317 e. The second-order valence-electron chi connectivity index (χ2n) is 8.84. The number of carbonyl (C=O) groups excluding carboxylic acids is 1. The van der Waals surface area contributed by atoms with Crippen molar-refractivity contribution < 1.29 is 14.3 Å². The van der Waals surface area contributed by atoms with Crippen molar-refractivity contribution in [1.82, 2.24) is 20.0 Å². The van der Waals surface area contributed by atoms with Crippen molar-refractivity contribution in [2.75, 3.05) is 60.0 Å². The molecular weight excluding hydrogens is 416 g/mol. The van der Waals surface area contributed by atoms with Crippen molar-refractivity contribution in [2.45, 2.75) is 25.9 Å². The number of nitrogens with one attached hydrogen (secondary N) is 1. The van der Waals surface area contributed by atoms with Crippen LogP contribution in [0.25, 0.3) is 0 Å². The zero-order valence-corrected chi connectivity index (χ0v) is 19.9. The van der Waals surface area contributed by atoms with Gasteiger partial charge >= 0.3 is 6.03 Å². The topological polar surface area (TPSA) is 57.3 Å². The Balaban J connectivity index is 1.15. The fraction of sp³-hybridized carbons (Fsp3) is 0.500. The van der Waals surface area contributed by atoms with Gasteiger partial charge in [-0.25, -0.2) is 4.79 Å². The van der Waals surface area contributed by atoms with E-state index in [1.807, 2.05) is 17.0 Å². The minimum Gasteiger partial charge on any atom is -0.493 e. The molecule has 33 heavy (non-hydrogen) atoms. The van der Waals surface area contributed by atoms with E-state index in [0.29, 0.717) is 18.8 Å². The molecule has 2 aromatic rings. The van der Waals surface area contributed by atoms with Gasteiger partial charge in [0.1, 0.15) is 0 Å². The van der Waals surface area contributed by atoms with Gasteiger partial charge in [0, 0.05) is 52.4 Å². The van der Waals surface area contributed by atoms with E-state index >= 15 is 0 Å². The normalized spacial score (nSPS) is 16.8. The fourth-order valence-corrected chi connectivity index (χ4v) is 4.68. The molecule has 2 aromatic carbocycles. The van der Waals surface area contributed by atoms with E-state index < -0.39 is 0 Å². The Labute approximate surface area is 197 Å². The molecule has 178 valence electrons. The van der Waals surface area contributed by atoms with Crippen molar-refractivity contribution in [3.8, 4) is 11.5 Å². The number of nitrogens with zero attached hydrogens (tertiary/aromatic N) is 3. The van der Waals surface area contributed by atoms with Gasteiger partial charge in [0.2, 0.25) is 0 Å². The number of urea groups is 1. The molecule has 0 atom stereocenters. The molecule has 1 saturated heterocycles. The molecule has 1 fully saturated rings. The first-order valence-electron chi connectivity index (χ1n) is 11.9. The highest BCUT2D eigenvalue weighted by molar-refractivity contribution is 5.74. The summed E-state index contributed by atoms with van der Waals surface area (Å²) >= 11 is 0. The van der Waals surface area contributed by atoms with Crippen LogP contribution in [-0.2, 0) is 19.5 Å². The summed E-state index contributed by atoms with van der Waals surface area (Å²) in [7, 11) is 3.29. The van der Waals surface area contributed by atoms with E-state index in [1.165, 1.54) is 11.1 Å². The minimum absolute atomic E-state index is 0.0168. The van der Waals surface area contributed by atoms with E-state index in [-0.39, 0.29) is 6.03 Å². The molecule has 2 amide bonds. The number of amides is 2. The Morgan fingerprint density at radius 2 is 1.58 bits per heavy atom. The van der Waals surface area contributed by atoms with Crippen LogP contribution in [0.15, 0.2) is 42.5 Å². The molecule has 2 aliphatic heterocycles. The summed E-state index contributed by atoms with van der Waals surface area (Å²) in [5.41, 5.74) is 3.73. The quantitative estimate of drug-likeness (QED) is 0.624. The number of piperazine rings is 1. The molecule has 2 heterocycles. The van der Waals surface area contributed by atoms with Gasteiger partial charge in [-0.05, 0) is 48.2 Å². The average molecular weight is 453 g/mol. The molecule has 0 aliphatic carbocycles. The summed E-state index contributed by atoms with van der Waals surface area (Å²) in [6.07, 6.45) is 1.80. The zero-order chi connectivity index (χ0) is 23.0. The van der Waals surface area contributed by atoms with Crippen LogP contribution in [0.3, 0.4) is 0 Å². The molecule has 7 nitrogen and oxygen atoms in total. The van der Waals surface area contributed by atoms with Gasteiger partial charge in [0.25, 0.3) is 0 Å². The number of ether oxygens (including phenoxy) is 2. The Morgan fingerprint density at radius 3 is 2.27 bits per heavy atom. The molecule has 0 aromatic heterocycles. The second kappa shape index (κ2) is 11.4. The lowest BCUT2D eigenvalue weighted by atomic mass is 9.99. The number of methoxy groups -OCH3 is 2. The number of benzene rings is 2. The van der Waals surface area contributed by atoms with Crippen molar-refractivity contribution in [3.05, 3.63) is 59.2 Å². The molecular formula is C26H36N4O3. The lowest BCUT2D eigenvalue weighted by Crippen LogP contribution is -2.47. The van der Waals surface area contributed by atoms with E-state index in [0.717, 1.165) is 70.0 Å². The number of hydrogen-bond donors (Lipinski definition) is 1. The van der Waals surface area contributed by atoms with Crippen molar-refractivity contribution >= 4 is 6.03 Å². The molecule has 0 spiro atoms. The largest absolute Gasteiger partial charge is 0.493 e. The van der Waals surface area contributed by atoms with Crippen molar-refractivity contribution in [2.24, 2.45) is 0 Å². The predicted octanol–water partition coefficient (Wildman–Crippen LogP) is 2.98. The Hall–Kier alpha value is -2.77. The predicted molar refractivity (Wildman–Crippen MR) is 130 cm³/mol. The molecule has 4 rings (SSSR count). The number of rotatable bonds is 8. The second-order valence-corrected chi connectivity index (χ2v) is 8.84. The molecule has 2 aliphatic rings. The van der Waals surface area contributed by atoms with Gasteiger partial charge in [-0.15, -0.1) is 0 Å². The molecule has 7 heteroatoms. The Morgan fingerprint density at radius 1 is 0.909 bits per heavy atom. The summed E-state index contributed by atoms with van der Waals surface area (Å²) in [5, 5.41) is 3.11. The average Bonchev–Trinajstić information content (AvgIpc) is 2.86. The molecule has 0 radical (unpaired) electrons. The van der Waals surface area contributed by atoms with Gasteiger partial charge in [0.15, 0.2) is 11.5 Å². The third-order valence-corrected chi connectivity index (χ3v) is 6.65. The summed E-state index contributed by atoms with van der Waals surface area (Å²) in [5.74, 6) is 1.46. The van der Waals surface area contributed by atoms with E-state index in [9.17, 15) is 4.79 Å². The summed E-state index contributed by atoms with van der Waals surface area (Å²) in [4.78, 5) is 19.6. The SMILES string of the molecule is COc1cc2c(cc1OC)CN(C(=O)NCCCN1CCN(Cc3ccccc3)CC1)CC2. The maximum absolute atomic E-state index is 12.7. The molecule has 0 saturated carbocycles. The lowest BCUT2D eigenvalue weighted by molar-refractivity contribution is 0.126. The minimum atomic E-state index is 0.0168. The van der Waals surface area contributed by atoms with Gasteiger partial charge in [-0.3, -0.25) is 4.90 Å². The van der Waals surface area contributed by atoms with Gasteiger partial charge in [-0.2, -0.15) is 0 Å². The zero-order valence-electron chi connectivity index (χ0n) is 19.9. The first-order valence-corrected chi connectivity index (χ1v) is 11.9. The highest BCUT2D eigenvalue weighted by Crippen LogP contribution is 2.33. The Kier molecular flexibility index (Phi) is 8.07. The van der Waals surface area contributed by atoms with Gasteiger partial charge < -0.3 is 24.6 Å². The maximum atomic E-state index is 12.7. The third kappa shape index (κ3) is 6.18. The first kappa shape index (κ1) is 23.4. The smallest absolute Gasteiger partial charge is 0.317 e. The molecule has 1 N–H and O–H groups in total. The van der Waals surface area contributed by atoms with Crippen LogP contribution in [0.2, 0.25) is 0 Å². The van der Waals surface area contributed by atoms with Gasteiger partial charge in [-0.1, -0.05) is 30.3 Å². The standard InChI is InChI=1S/C26H36N4O3/c1-32-24-17-22-9-12-30(20-23(22)18-25(24)33-2)26(31)27-10-6-11-28-13-15-29(16-14-28)19-21-7-4-3-5-8-21/h3-5,7-8,17-18H,6,9-16,19-20H2,1-2H3,(H,27,31). The highest BCUT2D eigenvalue weighted by atomic mass is 16.5. The van der Waals surface area contributed by atoms with Crippen LogP contribution in [0.5, 0.6) is 11.5 Å². The van der Waals surface area contributed by atoms with E-state index in [4.69, 9.17) is 9.47 Å². The third-order valence-electron chi connectivity index (χ3n) is 6.65. The van der Waals surface area contributed by atoms with Crippen molar-refractivity contribution in [1.29, 1.82) is 0 Å². The molecule has 0 unspecified atom stereocenters.